The number of aliphatic carboxylic acids is 1. The van der Waals surface area contributed by atoms with Crippen molar-refractivity contribution in [3.8, 4) is 0 Å². The van der Waals surface area contributed by atoms with Crippen molar-refractivity contribution in [1.82, 2.24) is 34.2 Å². The van der Waals surface area contributed by atoms with Gasteiger partial charge in [0.1, 0.15) is 11.6 Å². The van der Waals surface area contributed by atoms with Crippen molar-refractivity contribution < 1.29 is 9.90 Å². The summed E-state index contributed by atoms with van der Waals surface area (Å²) in [5.41, 5.74) is 3.20. The number of likely N-dealkylation sites (tertiary alicyclic amines) is 2. The maximum Gasteiger partial charge on any atom is 0.303 e. The van der Waals surface area contributed by atoms with Gasteiger partial charge in [0.05, 0.1) is 13.1 Å². The van der Waals surface area contributed by atoms with E-state index < -0.39 is 5.97 Å². The van der Waals surface area contributed by atoms with Crippen LogP contribution in [0, 0.1) is 5.41 Å². The molecule has 9 nitrogen and oxygen atoms in total. The van der Waals surface area contributed by atoms with E-state index in [9.17, 15) is 4.79 Å². The van der Waals surface area contributed by atoms with E-state index in [0.717, 1.165) is 30.8 Å². The summed E-state index contributed by atoms with van der Waals surface area (Å²) in [4.78, 5) is 31.1. The van der Waals surface area contributed by atoms with Gasteiger partial charge < -0.3 is 19.6 Å². The number of carbonyl (C=O) groups is 1. The van der Waals surface area contributed by atoms with Crippen LogP contribution in [-0.4, -0.2) is 77.5 Å². The van der Waals surface area contributed by atoms with Gasteiger partial charge in [0.15, 0.2) is 0 Å². The fourth-order valence-corrected chi connectivity index (χ4v) is 7.71. The number of H-pyrrole nitrogens is 1. The number of benzene rings is 1. The fourth-order valence-electron chi connectivity index (χ4n) is 7.71. The van der Waals surface area contributed by atoms with Gasteiger partial charge in [-0.25, -0.2) is 9.97 Å². The van der Waals surface area contributed by atoms with Gasteiger partial charge in [-0.1, -0.05) is 43.5 Å². The van der Waals surface area contributed by atoms with E-state index in [0.29, 0.717) is 31.5 Å². The lowest BCUT2D eigenvalue weighted by Gasteiger charge is -2.43. The normalized spacial score (nSPS) is 19.9. The quantitative estimate of drug-likeness (QED) is 0.281. The molecule has 2 aliphatic heterocycles. The number of nitrogens with one attached hydrogen (secondary N) is 1. The molecule has 232 valence electrons. The lowest BCUT2D eigenvalue weighted by Crippen LogP contribution is -2.46. The molecule has 1 spiro atoms. The van der Waals surface area contributed by atoms with Crippen LogP contribution in [0.2, 0.25) is 0 Å². The first-order valence-corrected chi connectivity index (χ1v) is 16.5. The number of aromatic nitrogens is 4. The summed E-state index contributed by atoms with van der Waals surface area (Å²) < 4.78 is 2.07. The third-order valence-electron chi connectivity index (χ3n) is 10.2. The van der Waals surface area contributed by atoms with Crippen LogP contribution in [0.1, 0.15) is 87.0 Å². The molecule has 6 rings (SSSR count). The van der Waals surface area contributed by atoms with Crippen LogP contribution < -0.4 is 0 Å². The van der Waals surface area contributed by atoms with E-state index in [1.165, 1.54) is 88.7 Å². The number of carboxylic acid groups (broad SMARTS) is 1. The topological polar surface area (TPSA) is 93.5 Å². The van der Waals surface area contributed by atoms with Crippen molar-refractivity contribution in [1.29, 1.82) is 0 Å². The predicted octanol–water partition coefficient (Wildman–Crippen LogP) is 5.29. The standard InChI is InChI=1S/C34H49N7O2/c42-33(43)7-4-18-41-22-17-37-32(41)26-39(25-31-35-15-16-36-31)24-29-10-8-28(9-11-29)23-38-19-12-34(27-38)13-20-40(21-14-34)30-5-2-1-3-6-30/h8-11,15-17,22,30H,1-7,12-14,18-21,23-27H2,(H,35,36)(H,42,43). The maximum absolute atomic E-state index is 11.0. The second kappa shape index (κ2) is 14.2. The number of hydrogen-bond donors (Lipinski definition) is 2. The minimum absolute atomic E-state index is 0.164. The summed E-state index contributed by atoms with van der Waals surface area (Å²) in [5.74, 6) is 1.11. The first-order valence-electron chi connectivity index (χ1n) is 16.5. The Bertz CT molecular complexity index is 1270. The van der Waals surface area contributed by atoms with Gasteiger partial charge in [-0.05, 0) is 74.7 Å². The molecule has 2 saturated heterocycles. The van der Waals surface area contributed by atoms with Crippen LogP contribution in [-0.2, 0) is 37.5 Å². The zero-order valence-corrected chi connectivity index (χ0v) is 25.7. The summed E-state index contributed by atoms with van der Waals surface area (Å²) in [5, 5.41) is 9.02. The Morgan fingerprint density at radius 1 is 0.953 bits per heavy atom. The largest absolute Gasteiger partial charge is 0.481 e. The van der Waals surface area contributed by atoms with Crippen LogP contribution >= 0.6 is 0 Å². The Balaban J connectivity index is 1.02. The number of hydrogen-bond acceptors (Lipinski definition) is 6. The molecule has 0 radical (unpaired) electrons. The zero-order valence-electron chi connectivity index (χ0n) is 25.7. The fraction of sp³-hybridized carbons (Fsp3) is 0.618. The van der Waals surface area contributed by atoms with Crippen molar-refractivity contribution in [2.45, 2.75) is 103 Å². The van der Waals surface area contributed by atoms with Gasteiger partial charge in [0.25, 0.3) is 0 Å². The van der Waals surface area contributed by atoms with E-state index >= 15 is 0 Å². The number of carboxylic acids is 1. The van der Waals surface area contributed by atoms with Crippen molar-refractivity contribution >= 4 is 5.97 Å². The highest BCUT2D eigenvalue weighted by molar-refractivity contribution is 5.66. The van der Waals surface area contributed by atoms with Gasteiger partial charge in [-0.2, -0.15) is 0 Å². The molecule has 1 aromatic carbocycles. The molecule has 0 bridgehead atoms. The van der Waals surface area contributed by atoms with Crippen molar-refractivity contribution in [2.24, 2.45) is 5.41 Å². The number of nitrogens with zero attached hydrogens (tertiary/aromatic N) is 6. The molecule has 1 aliphatic carbocycles. The summed E-state index contributed by atoms with van der Waals surface area (Å²) >= 11 is 0. The van der Waals surface area contributed by atoms with E-state index in [4.69, 9.17) is 5.11 Å². The minimum Gasteiger partial charge on any atom is -0.481 e. The number of piperidine rings is 1. The number of imidazole rings is 2. The monoisotopic (exact) mass is 587 g/mol. The number of aromatic amines is 1. The molecule has 0 atom stereocenters. The number of rotatable bonds is 13. The molecule has 4 heterocycles. The summed E-state index contributed by atoms with van der Waals surface area (Å²) in [7, 11) is 0. The number of aryl methyl sites for hydroxylation is 1. The van der Waals surface area contributed by atoms with Crippen molar-refractivity contribution in [3.63, 3.8) is 0 Å². The van der Waals surface area contributed by atoms with Crippen molar-refractivity contribution in [2.75, 3.05) is 26.2 Å². The molecule has 43 heavy (non-hydrogen) atoms. The third-order valence-corrected chi connectivity index (χ3v) is 10.2. The van der Waals surface area contributed by atoms with Gasteiger partial charge in [-0.3, -0.25) is 14.6 Å². The third kappa shape index (κ3) is 8.13. The molecular formula is C34H49N7O2. The predicted molar refractivity (Wildman–Crippen MR) is 167 cm³/mol. The van der Waals surface area contributed by atoms with Crippen LogP contribution in [0.15, 0.2) is 49.1 Å². The Morgan fingerprint density at radius 2 is 1.72 bits per heavy atom. The molecule has 9 heteroatoms. The van der Waals surface area contributed by atoms with Gasteiger partial charge >= 0.3 is 5.97 Å². The summed E-state index contributed by atoms with van der Waals surface area (Å²) in [6.07, 6.45) is 19.4. The molecular weight excluding hydrogens is 538 g/mol. The molecule has 0 amide bonds. The average molecular weight is 588 g/mol. The first-order chi connectivity index (χ1) is 21.0. The van der Waals surface area contributed by atoms with E-state index in [2.05, 4.69) is 58.5 Å². The highest BCUT2D eigenvalue weighted by Gasteiger charge is 2.41. The smallest absolute Gasteiger partial charge is 0.303 e. The first kappa shape index (κ1) is 30.0. The Kier molecular flexibility index (Phi) is 9.91. The second-order valence-electron chi connectivity index (χ2n) is 13.3. The molecule has 3 fully saturated rings. The molecule has 1 saturated carbocycles. The lowest BCUT2D eigenvalue weighted by atomic mass is 9.77. The Morgan fingerprint density at radius 3 is 2.47 bits per heavy atom. The van der Waals surface area contributed by atoms with E-state index in [1.807, 2.05) is 12.4 Å². The van der Waals surface area contributed by atoms with Crippen LogP contribution in [0.3, 0.4) is 0 Å². The van der Waals surface area contributed by atoms with Crippen LogP contribution in [0.4, 0.5) is 0 Å². The Labute approximate surface area is 256 Å². The zero-order chi connectivity index (χ0) is 29.5. The Hall–Kier alpha value is -3.01. The molecule has 2 N–H and O–H groups in total. The maximum atomic E-state index is 11.0. The summed E-state index contributed by atoms with van der Waals surface area (Å²) in [6.45, 7) is 8.92. The van der Waals surface area contributed by atoms with Crippen LogP contribution in [0.5, 0.6) is 0 Å². The van der Waals surface area contributed by atoms with Crippen molar-refractivity contribution in [3.05, 3.63) is 71.8 Å². The second-order valence-corrected chi connectivity index (χ2v) is 13.3. The molecule has 3 aliphatic rings. The van der Waals surface area contributed by atoms with Gasteiger partial charge in [-0.15, -0.1) is 0 Å². The average Bonchev–Trinajstić information content (AvgIpc) is 3.78. The van der Waals surface area contributed by atoms with Gasteiger partial charge in [0.2, 0.25) is 0 Å². The molecule has 2 aromatic heterocycles. The molecule has 3 aromatic rings. The lowest BCUT2D eigenvalue weighted by molar-refractivity contribution is -0.137. The SMILES string of the molecule is O=C(O)CCCn1ccnc1CN(Cc1ccc(CN2CCC3(CCN(C4CCCCC4)CC3)C2)cc1)Cc1ncc[nH]1. The highest BCUT2D eigenvalue weighted by Crippen LogP contribution is 2.42. The van der Waals surface area contributed by atoms with E-state index in [-0.39, 0.29) is 6.42 Å². The van der Waals surface area contributed by atoms with E-state index in [1.54, 1.807) is 12.4 Å². The summed E-state index contributed by atoms with van der Waals surface area (Å²) in [6, 6.07) is 10.0. The highest BCUT2D eigenvalue weighted by atomic mass is 16.4. The van der Waals surface area contributed by atoms with Crippen LogP contribution in [0.25, 0.3) is 0 Å². The van der Waals surface area contributed by atoms with Gasteiger partial charge in [0, 0.05) is 63.4 Å². The minimum atomic E-state index is -0.760. The molecule has 0 unspecified atom stereocenters.